The molecule has 1 fully saturated rings. The SMILES string of the molecule is COC(=O)c1nnc(N2CCOCC2)cc1OC. The summed E-state index contributed by atoms with van der Waals surface area (Å²) in [7, 11) is 2.77. The standard InChI is InChI=1S/C11H15N3O4/c1-16-8-7-9(14-3-5-18-6-4-14)12-13-10(8)11(15)17-2/h7H,3-6H2,1-2H3. The Balaban J connectivity index is 2.26. The Morgan fingerprint density at radius 1 is 1.33 bits per heavy atom. The van der Waals surface area contributed by atoms with Gasteiger partial charge in [-0.05, 0) is 0 Å². The normalized spacial score (nSPS) is 15.3. The maximum atomic E-state index is 11.4. The Labute approximate surface area is 105 Å². The van der Waals surface area contributed by atoms with Crippen LogP contribution in [0.3, 0.4) is 0 Å². The monoisotopic (exact) mass is 253 g/mol. The van der Waals surface area contributed by atoms with Crippen molar-refractivity contribution in [3.63, 3.8) is 0 Å². The minimum atomic E-state index is -0.562. The third-order valence-corrected chi connectivity index (χ3v) is 2.68. The van der Waals surface area contributed by atoms with Gasteiger partial charge in [-0.15, -0.1) is 10.2 Å². The van der Waals surface area contributed by atoms with E-state index in [1.54, 1.807) is 6.07 Å². The van der Waals surface area contributed by atoms with Crippen LogP contribution in [0.1, 0.15) is 10.5 Å². The summed E-state index contributed by atoms with van der Waals surface area (Å²) >= 11 is 0. The highest BCUT2D eigenvalue weighted by atomic mass is 16.5. The number of methoxy groups -OCH3 is 2. The van der Waals surface area contributed by atoms with E-state index in [0.29, 0.717) is 24.8 Å². The lowest BCUT2D eigenvalue weighted by Gasteiger charge is -2.27. The van der Waals surface area contributed by atoms with E-state index in [4.69, 9.17) is 9.47 Å². The third kappa shape index (κ3) is 2.51. The lowest BCUT2D eigenvalue weighted by Crippen LogP contribution is -2.37. The zero-order valence-corrected chi connectivity index (χ0v) is 10.4. The Bertz CT molecular complexity index is 432. The van der Waals surface area contributed by atoms with Gasteiger partial charge in [0.15, 0.2) is 11.6 Å². The molecule has 7 heteroatoms. The van der Waals surface area contributed by atoms with Gasteiger partial charge in [-0.25, -0.2) is 4.79 Å². The average Bonchev–Trinajstić information content (AvgIpc) is 2.46. The van der Waals surface area contributed by atoms with Gasteiger partial charge >= 0.3 is 5.97 Å². The molecule has 0 atom stereocenters. The molecule has 0 N–H and O–H groups in total. The molecule has 0 unspecified atom stereocenters. The van der Waals surface area contributed by atoms with Crippen LogP contribution in [-0.4, -0.2) is 56.7 Å². The number of ether oxygens (including phenoxy) is 3. The van der Waals surface area contributed by atoms with Crippen LogP contribution >= 0.6 is 0 Å². The Morgan fingerprint density at radius 3 is 2.67 bits per heavy atom. The van der Waals surface area contributed by atoms with Crippen molar-refractivity contribution in [3.05, 3.63) is 11.8 Å². The number of esters is 1. The van der Waals surface area contributed by atoms with Crippen molar-refractivity contribution in [1.29, 1.82) is 0 Å². The lowest BCUT2D eigenvalue weighted by molar-refractivity contribution is 0.0588. The number of anilines is 1. The summed E-state index contributed by atoms with van der Waals surface area (Å²) in [6, 6.07) is 1.69. The van der Waals surface area contributed by atoms with Crippen LogP contribution in [0, 0.1) is 0 Å². The Kier molecular flexibility index (Phi) is 3.93. The molecule has 2 rings (SSSR count). The largest absolute Gasteiger partial charge is 0.494 e. The molecule has 0 saturated carbocycles. The molecule has 0 amide bonds. The van der Waals surface area contributed by atoms with E-state index in [9.17, 15) is 4.79 Å². The molecule has 1 aliphatic heterocycles. The first-order valence-corrected chi connectivity index (χ1v) is 5.59. The summed E-state index contributed by atoms with van der Waals surface area (Å²) < 4.78 is 15.0. The topological polar surface area (TPSA) is 73.8 Å². The van der Waals surface area contributed by atoms with Crippen LogP contribution in [0.2, 0.25) is 0 Å². The summed E-state index contributed by atoms with van der Waals surface area (Å²) in [5.41, 5.74) is 0.0806. The first-order chi connectivity index (χ1) is 8.76. The number of carbonyl (C=O) groups is 1. The van der Waals surface area contributed by atoms with Crippen molar-refractivity contribution in [3.8, 4) is 5.75 Å². The number of hydrogen-bond donors (Lipinski definition) is 0. The molecule has 1 aromatic rings. The van der Waals surface area contributed by atoms with Crippen LogP contribution < -0.4 is 9.64 Å². The van der Waals surface area contributed by atoms with Gasteiger partial charge in [-0.2, -0.15) is 0 Å². The second-order valence-corrected chi connectivity index (χ2v) is 3.71. The summed E-state index contributed by atoms with van der Waals surface area (Å²) in [4.78, 5) is 13.5. The lowest BCUT2D eigenvalue weighted by atomic mass is 10.3. The molecule has 1 aliphatic rings. The van der Waals surface area contributed by atoms with Crippen LogP contribution in [0.15, 0.2) is 6.07 Å². The third-order valence-electron chi connectivity index (χ3n) is 2.68. The fourth-order valence-corrected chi connectivity index (χ4v) is 1.71. The molecule has 0 radical (unpaired) electrons. The minimum Gasteiger partial charge on any atom is -0.494 e. The first kappa shape index (κ1) is 12.6. The van der Waals surface area contributed by atoms with Gasteiger partial charge in [-0.1, -0.05) is 0 Å². The molecule has 98 valence electrons. The van der Waals surface area contributed by atoms with E-state index >= 15 is 0 Å². The molecule has 2 heterocycles. The van der Waals surface area contributed by atoms with Crippen molar-refractivity contribution in [2.24, 2.45) is 0 Å². The quantitative estimate of drug-likeness (QED) is 0.708. The summed E-state index contributed by atoms with van der Waals surface area (Å²) in [5.74, 6) is 0.467. The fourth-order valence-electron chi connectivity index (χ4n) is 1.71. The van der Waals surface area contributed by atoms with E-state index in [0.717, 1.165) is 13.1 Å². The van der Waals surface area contributed by atoms with Gasteiger partial charge in [0.25, 0.3) is 0 Å². The summed E-state index contributed by atoms with van der Waals surface area (Å²) in [6.07, 6.45) is 0. The van der Waals surface area contributed by atoms with Crippen LogP contribution in [-0.2, 0) is 9.47 Å². The number of morpholine rings is 1. The molecule has 1 aromatic heterocycles. The van der Waals surface area contributed by atoms with E-state index in [1.165, 1.54) is 14.2 Å². The molecule has 0 aromatic carbocycles. The fraction of sp³-hybridized carbons (Fsp3) is 0.545. The maximum absolute atomic E-state index is 11.4. The summed E-state index contributed by atoms with van der Waals surface area (Å²) in [5, 5.41) is 7.88. The molecule has 18 heavy (non-hydrogen) atoms. The van der Waals surface area contributed by atoms with Gasteiger partial charge in [-0.3, -0.25) is 0 Å². The second kappa shape index (κ2) is 5.63. The highest BCUT2D eigenvalue weighted by molar-refractivity contribution is 5.90. The Hall–Kier alpha value is -1.89. The van der Waals surface area contributed by atoms with Gasteiger partial charge < -0.3 is 19.1 Å². The molecule has 7 nitrogen and oxygen atoms in total. The molecule has 0 bridgehead atoms. The van der Waals surface area contributed by atoms with Crippen molar-refractivity contribution in [2.75, 3.05) is 45.4 Å². The number of rotatable bonds is 3. The Morgan fingerprint density at radius 2 is 2.06 bits per heavy atom. The van der Waals surface area contributed by atoms with Gasteiger partial charge in [0.1, 0.15) is 0 Å². The van der Waals surface area contributed by atoms with Crippen molar-refractivity contribution in [2.45, 2.75) is 0 Å². The number of carbonyl (C=O) groups excluding carboxylic acids is 1. The summed E-state index contributed by atoms with van der Waals surface area (Å²) in [6.45, 7) is 2.80. The molecular formula is C11H15N3O4. The number of hydrogen-bond acceptors (Lipinski definition) is 7. The van der Waals surface area contributed by atoms with E-state index < -0.39 is 5.97 Å². The van der Waals surface area contributed by atoms with E-state index in [2.05, 4.69) is 14.9 Å². The zero-order valence-electron chi connectivity index (χ0n) is 10.4. The predicted octanol–water partition coefficient (Wildman–Crippen LogP) is 0.108. The van der Waals surface area contributed by atoms with Crippen LogP contribution in [0.5, 0.6) is 5.75 Å². The average molecular weight is 253 g/mol. The second-order valence-electron chi connectivity index (χ2n) is 3.71. The number of aromatic nitrogens is 2. The van der Waals surface area contributed by atoms with Gasteiger partial charge in [0.2, 0.25) is 5.69 Å². The van der Waals surface area contributed by atoms with E-state index in [1.807, 2.05) is 4.90 Å². The van der Waals surface area contributed by atoms with Crippen molar-refractivity contribution in [1.82, 2.24) is 10.2 Å². The molecule has 0 spiro atoms. The number of nitrogens with zero attached hydrogens (tertiary/aromatic N) is 3. The maximum Gasteiger partial charge on any atom is 0.362 e. The molecule has 0 aliphatic carbocycles. The zero-order chi connectivity index (χ0) is 13.0. The van der Waals surface area contributed by atoms with Crippen molar-refractivity contribution >= 4 is 11.8 Å². The van der Waals surface area contributed by atoms with Crippen molar-refractivity contribution < 1.29 is 19.0 Å². The van der Waals surface area contributed by atoms with Crippen LogP contribution in [0.25, 0.3) is 0 Å². The smallest absolute Gasteiger partial charge is 0.362 e. The molecular weight excluding hydrogens is 238 g/mol. The van der Waals surface area contributed by atoms with E-state index in [-0.39, 0.29) is 5.69 Å². The highest BCUT2D eigenvalue weighted by Gasteiger charge is 2.19. The predicted molar refractivity (Wildman–Crippen MR) is 63.0 cm³/mol. The molecule has 1 saturated heterocycles. The first-order valence-electron chi connectivity index (χ1n) is 5.59. The highest BCUT2D eigenvalue weighted by Crippen LogP contribution is 2.22. The minimum absolute atomic E-state index is 0.0806. The van der Waals surface area contributed by atoms with Gasteiger partial charge in [0, 0.05) is 19.2 Å². The van der Waals surface area contributed by atoms with Gasteiger partial charge in [0.05, 0.1) is 27.4 Å². The van der Waals surface area contributed by atoms with Crippen LogP contribution in [0.4, 0.5) is 5.82 Å².